The summed E-state index contributed by atoms with van der Waals surface area (Å²) in [5.41, 5.74) is 0. The summed E-state index contributed by atoms with van der Waals surface area (Å²) in [7, 11) is 1.35. The van der Waals surface area contributed by atoms with Gasteiger partial charge in [0.25, 0.3) is 5.91 Å². The molecule has 0 spiro atoms. The summed E-state index contributed by atoms with van der Waals surface area (Å²) in [5.74, 6) is -0.0620. The predicted octanol–water partition coefficient (Wildman–Crippen LogP) is 4.10. The van der Waals surface area contributed by atoms with Crippen molar-refractivity contribution in [3.63, 3.8) is 0 Å². The van der Waals surface area contributed by atoms with Crippen LogP contribution in [-0.4, -0.2) is 43.1 Å². The van der Waals surface area contributed by atoms with Gasteiger partial charge in [0.05, 0.1) is 18.6 Å². The number of esters is 1. The maximum Gasteiger partial charge on any atom is 0.307 e. The van der Waals surface area contributed by atoms with Crippen molar-refractivity contribution in [2.75, 3.05) is 20.3 Å². The van der Waals surface area contributed by atoms with Crippen molar-refractivity contribution in [2.45, 2.75) is 44.6 Å². The molecule has 1 aromatic carbocycles. The van der Waals surface area contributed by atoms with E-state index >= 15 is 0 Å². The molecule has 1 aliphatic rings. The summed E-state index contributed by atoms with van der Waals surface area (Å²) in [6.45, 7) is 0.215. The fraction of sp³-hybridized carbons (Fsp3) is 0.556. The smallest absolute Gasteiger partial charge is 0.307 e. The molecule has 1 aliphatic carbocycles. The van der Waals surface area contributed by atoms with Gasteiger partial charge in [-0.15, -0.1) is 0 Å². The average molecular weight is 388 g/mol. The number of hydrogen-bond donors (Lipinski definition) is 0. The predicted molar refractivity (Wildman–Crippen MR) is 97.2 cm³/mol. The highest BCUT2D eigenvalue weighted by atomic mass is 35.5. The summed E-state index contributed by atoms with van der Waals surface area (Å²) in [6.07, 6.45) is 5.46. The molecule has 0 bridgehead atoms. The van der Waals surface area contributed by atoms with Gasteiger partial charge in [-0.1, -0.05) is 42.5 Å². The van der Waals surface area contributed by atoms with E-state index in [4.69, 9.17) is 27.9 Å². The van der Waals surface area contributed by atoms with Gasteiger partial charge in [0.15, 0.2) is 6.61 Å². The molecule has 2 rings (SSSR count). The standard InChI is InChI=1S/C18H23Cl2NO4/c1-24-18(23)9-10-21(14-5-3-2-4-6-14)17(22)12-25-16-8-7-13(19)11-15(16)20/h7-8,11,14H,2-6,9-10,12H2,1H3. The fourth-order valence-electron chi connectivity index (χ4n) is 3.03. The van der Waals surface area contributed by atoms with Crippen LogP contribution in [-0.2, 0) is 14.3 Å². The van der Waals surface area contributed by atoms with E-state index in [1.54, 1.807) is 23.1 Å². The van der Waals surface area contributed by atoms with Crippen molar-refractivity contribution in [2.24, 2.45) is 0 Å². The van der Waals surface area contributed by atoms with E-state index < -0.39 is 0 Å². The van der Waals surface area contributed by atoms with Crippen LogP contribution in [0, 0.1) is 0 Å². The molecule has 0 aromatic heterocycles. The molecule has 1 fully saturated rings. The van der Waals surface area contributed by atoms with E-state index in [0.29, 0.717) is 22.3 Å². The van der Waals surface area contributed by atoms with Crippen molar-refractivity contribution in [1.29, 1.82) is 0 Å². The highest BCUT2D eigenvalue weighted by Crippen LogP contribution is 2.28. The molecule has 0 aliphatic heterocycles. The van der Waals surface area contributed by atoms with Crippen LogP contribution in [0.15, 0.2) is 18.2 Å². The molecule has 0 saturated heterocycles. The lowest BCUT2D eigenvalue weighted by Crippen LogP contribution is -2.44. The van der Waals surface area contributed by atoms with Crippen molar-refractivity contribution < 1.29 is 19.1 Å². The summed E-state index contributed by atoms with van der Waals surface area (Å²) in [4.78, 5) is 25.9. The number of hydrogen-bond acceptors (Lipinski definition) is 4. The number of rotatable bonds is 7. The van der Waals surface area contributed by atoms with Gasteiger partial charge in [0, 0.05) is 17.6 Å². The van der Waals surface area contributed by atoms with Crippen molar-refractivity contribution in [3.05, 3.63) is 28.2 Å². The number of carbonyl (C=O) groups is 2. The first kappa shape index (κ1) is 19.9. The van der Waals surface area contributed by atoms with E-state index in [1.807, 2.05) is 0 Å². The highest BCUT2D eigenvalue weighted by molar-refractivity contribution is 6.35. The second-order valence-electron chi connectivity index (χ2n) is 6.07. The van der Waals surface area contributed by atoms with Gasteiger partial charge in [0.2, 0.25) is 0 Å². The van der Waals surface area contributed by atoms with E-state index in [1.165, 1.54) is 13.5 Å². The Hall–Kier alpha value is -1.46. The van der Waals surface area contributed by atoms with E-state index in [-0.39, 0.29) is 30.9 Å². The maximum atomic E-state index is 12.7. The third-order valence-electron chi connectivity index (χ3n) is 4.37. The lowest BCUT2D eigenvalue weighted by molar-refractivity contribution is -0.143. The van der Waals surface area contributed by atoms with Gasteiger partial charge in [0.1, 0.15) is 5.75 Å². The Morgan fingerprint density at radius 2 is 1.92 bits per heavy atom. The lowest BCUT2D eigenvalue weighted by Gasteiger charge is -2.34. The Balaban J connectivity index is 1.99. The van der Waals surface area contributed by atoms with Crippen molar-refractivity contribution in [3.8, 4) is 5.75 Å². The number of halogens is 2. The Morgan fingerprint density at radius 1 is 1.20 bits per heavy atom. The number of ether oxygens (including phenoxy) is 2. The third-order valence-corrected chi connectivity index (χ3v) is 4.90. The van der Waals surface area contributed by atoms with E-state index in [0.717, 1.165) is 25.7 Å². The summed E-state index contributed by atoms with van der Waals surface area (Å²) >= 11 is 11.9. The van der Waals surface area contributed by atoms with Gasteiger partial charge in [-0.3, -0.25) is 9.59 Å². The molecular formula is C18H23Cl2NO4. The molecule has 0 N–H and O–H groups in total. The minimum absolute atomic E-state index is 0.126. The minimum Gasteiger partial charge on any atom is -0.482 e. The Labute approximate surface area is 158 Å². The molecule has 1 saturated carbocycles. The molecule has 0 atom stereocenters. The Kier molecular flexibility index (Phi) is 7.85. The largest absolute Gasteiger partial charge is 0.482 e. The van der Waals surface area contributed by atoms with Crippen LogP contribution >= 0.6 is 23.2 Å². The molecule has 0 radical (unpaired) electrons. The zero-order chi connectivity index (χ0) is 18.2. The molecular weight excluding hydrogens is 365 g/mol. The second-order valence-corrected chi connectivity index (χ2v) is 6.91. The first-order chi connectivity index (χ1) is 12.0. The lowest BCUT2D eigenvalue weighted by atomic mass is 9.94. The first-order valence-electron chi connectivity index (χ1n) is 8.45. The van der Waals surface area contributed by atoms with Gasteiger partial charge in [-0.2, -0.15) is 0 Å². The first-order valence-corrected chi connectivity index (χ1v) is 9.21. The maximum absolute atomic E-state index is 12.7. The average Bonchev–Trinajstić information content (AvgIpc) is 2.61. The van der Waals surface area contributed by atoms with Crippen LogP contribution in [0.1, 0.15) is 38.5 Å². The second kappa shape index (κ2) is 9.88. The quantitative estimate of drug-likeness (QED) is 0.660. The van der Waals surface area contributed by atoms with Crippen LogP contribution in [0.4, 0.5) is 0 Å². The van der Waals surface area contributed by atoms with Gasteiger partial charge in [-0.25, -0.2) is 0 Å². The Bertz CT molecular complexity index is 603. The molecule has 1 aromatic rings. The zero-order valence-electron chi connectivity index (χ0n) is 14.3. The number of carbonyl (C=O) groups excluding carboxylic acids is 2. The normalized spacial score (nSPS) is 14.8. The SMILES string of the molecule is COC(=O)CCN(C(=O)COc1ccc(Cl)cc1Cl)C1CCCCC1. The molecule has 5 nitrogen and oxygen atoms in total. The molecule has 138 valence electrons. The van der Waals surface area contributed by atoms with Crippen LogP contribution in [0.3, 0.4) is 0 Å². The summed E-state index contributed by atoms with van der Waals surface area (Å²) in [6, 6.07) is 5.01. The zero-order valence-corrected chi connectivity index (χ0v) is 15.8. The van der Waals surface area contributed by atoms with Gasteiger partial charge < -0.3 is 14.4 Å². The fourth-order valence-corrected chi connectivity index (χ4v) is 3.50. The summed E-state index contributed by atoms with van der Waals surface area (Å²) in [5, 5.41) is 0.865. The monoisotopic (exact) mass is 387 g/mol. The van der Waals surface area contributed by atoms with Crippen LogP contribution in [0.5, 0.6) is 5.75 Å². The van der Waals surface area contributed by atoms with Crippen LogP contribution in [0.25, 0.3) is 0 Å². The van der Waals surface area contributed by atoms with E-state index in [2.05, 4.69) is 4.74 Å². The summed E-state index contributed by atoms with van der Waals surface area (Å²) < 4.78 is 10.2. The van der Waals surface area contributed by atoms with Crippen molar-refractivity contribution in [1.82, 2.24) is 4.90 Å². The highest BCUT2D eigenvalue weighted by Gasteiger charge is 2.26. The molecule has 1 amide bonds. The Morgan fingerprint density at radius 3 is 2.56 bits per heavy atom. The van der Waals surface area contributed by atoms with Gasteiger partial charge in [-0.05, 0) is 31.0 Å². The van der Waals surface area contributed by atoms with Gasteiger partial charge >= 0.3 is 5.97 Å². The molecule has 25 heavy (non-hydrogen) atoms. The van der Waals surface area contributed by atoms with E-state index in [9.17, 15) is 9.59 Å². The number of benzene rings is 1. The number of amides is 1. The molecule has 0 unspecified atom stereocenters. The minimum atomic E-state index is -0.324. The van der Waals surface area contributed by atoms with Crippen LogP contribution in [0.2, 0.25) is 10.0 Å². The number of nitrogens with zero attached hydrogens (tertiary/aromatic N) is 1. The molecule has 0 heterocycles. The molecule has 7 heteroatoms. The third kappa shape index (κ3) is 6.08. The number of methoxy groups -OCH3 is 1. The topological polar surface area (TPSA) is 55.8 Å². The van der Waals surface area contributed by atoms with Crippen LogP contribution < -0.4 is 4.74 Å². The van der Waals surface area contributed by atoms with Crippen molar-refractivity contribution >= 4 is 35.1 Å².